The van der Waals surface area contributed by atoms with Crippen LogP contribution in [0.25, 0.3) is 0 Å². The zero-order valence-corrected chi connectivity index (χ0v) is 14.9. The number of sulfonamides is 1. The van der Waals surface area contributed by atoms with Crippen molar-refractivity contribution < 1.29 is 27.5 Å². The van der Waals surface area contributed by atoms with Gasteiger partial charge in [0.05, 0.1) is 12.8 Å². The number of hydrogen-bond acceptors (Lipinski definition) is 7. The minimum Gasteiger partial charge on any atom is -0.495 e. The Morgan fingerprint density at radius 3 is 2.60 bits per heavy atom. The Morgan fingerprint density at radius 1 is 1.16 bits per heavy atom. The van der Waals surface area contributed by atoms with Crippen LogP contribution in [0.1, 0.15) is 0 Å². The van der Waals surface area contributed by atoms with E-state index in [1.54, 1.807) is 35.7 Å². The number of anilines is 1. The second-order valence-electron chi connectivity index (χ2n) is 4.67. The van der Waals surface area contributed by atoms with Crippen molar-refractivity contribution in [2.75, 3.05) is 25.6 Å². The number of benzene rings is 1. The number of methoxy groups -OCH3 is 1. The van der Waals surface area contributed by atoms with Gasteiger partial charge >= 0.3 is 5.97 Å². The second-order valence-corrected chi connectivity index (χ2v) is 7.61. The van der Waals surface area contributed by atoms with E-state index < -0.39 is 35.1 Å². The van der Waals surface area contributed by atoms with Crippen LogP contribution in [-0.4, -0.2) is 40.6 Å². The molecule has 25 heavy (non-hydrogen) atoms. The normalized spacial score (nSPS) is 10.9. The first-order chi connectivity index (χ1) is 11.9. The highest BCUT2D eigenvalue weighted by atomic mass is 32.2. The van der Waals surface area contributed by atoms with E-state index in [2.05, 4.69) is 10.0 Å². The Bertz CT molecular complexity index is 833. The Labute approximate surface area is 148 Å². The van der Waals surface area contributed by atoms with Crippen molar-refractivity contribution in [2.45, 2.75) is 4.21 Å². The number of nitrogens with one attached hydrogen (secondary N) is 2. The molecule has 0 aliphatic heterocycles. The second kappa shape index (κ2) is 8.60. The SMILES string of the molecule is COc1ccccc1NC(=O)COC(=O)CNS(=O)(=O)c1cccs1. The minimum absolute atomic E-state index is 0.0919. The van der Waals surface area contributed by atoms with Gasteiger partial charge in [-0.25, -0.2) is 8.42 Å². The number of ether oxygens (including phenoxy) is 2. The third kappa shape index (κ3) is 5.55. The number of thiophene rings is 1. The van der Waals surface area contributed by atoms with Gasteiger partial charge in [0.25, 0.3) is 15.9 Å². The van der Waals surface area contributed by atoms with Gasteiger partial charge in [0.1, 0.15) is 16.5 Å². The summed E-state index contributed by atoms with van der Waals surface area (Å²) in [6, 6.07) is 9.76. The summed E-state index contributed by atoms with van der Waals surface area (Å²) in [5.41, 5.74) is 0.435. The van der Waals surface area contributed by atoms with Crippen molar-refractivity contribution in [3.63, 3.8) is 0 Å². The molecule has 0 radical (unpaired) electrons. The monoisotopic (exact) mass is 384 g/mol. The Kier molecular flexibility index (Phi) is 6.51. The van der Waals surface area contributed by atoms with Crippen molar-refractivity contribution in [1.29, 1.82) is 0 Å². The molecule has 0 atom stereocenters. The molecule has 0 saturated heterocycles. The van der Waals surface area contributed by atoms with Crippen molar-refractivity contribution in [2.24, 2.45) is 0 Å². The van der Waals surface area contributed by atoms with E-state index in [0.717, 1.165) is 11.3 Å². The largest absolute Gasteiger partial charge is 0.495 e. The van der Waals surface area contributed by atoms with Gasteiger partial charge in [-0.05, 0) is 23.6 Å². The lowest BCUT2D eigenvalue weighted by Gasteiger charge is -2.10. The van der Waals surface area contributed by atoms with Crippen molar-refractivity contribution in [3.05, 3.63) is 41.8 Å². The Hall–Kier alpha value is -2.43. The van der Waals surface area contributed by atoms with Gasteiger partial charge in [0.15, 0.2) is 6.61 Å². The molecule has 10 heteroatoms. The summed E-state index contributed by atoms with van der Waals surface area (Å²) in [7, 11) is -2.29. The van der Waals surface area contributed by atoms with Crippen LogP contribution < -0.4 is 14.8 Å². The molecule has 2 aromatic rings. The highest BCUT2D eigenvalue weighted by molar-refractivity contribution is 7.91. The first kappa shape index (κ1) is 18.9. The van der Waals surface area contributed by atoms with Gasteiger partial charge in [-0.15, -0.1) is 11.3 Å². The molecule has 1 aromatic heterocycles. The van der Waals surface area contributed by atoms with E-state index in [1.807, 2.05) is 0 Å². The number of hydrogen-bond donors (Lipinski definition) is 2. The van der Waals surface area contributed by atoms with E-state index in [1.165, 1.54) is 13.2 Å². The summed E-state index contributed by atoms with van der Waals surface area (Å²) in [6.45, 7) is -1.11. The fourth-order valence-corrected chi connectivity index (χ4v) is 3.78. The van der Waals surface area contributed by atoms with Crippen molar-refractivity contribution in [3.8, 4) is 5.75 Å². The van der Waals surface area contributed by atoms with Gasteiger partial charge in [0.2, 0.25) is 0 Å². The number of para-hydroxylation sites is 2. The molecule has 2 rings (SSSR count). The van der Waals surface area contributed by atoms with Crippen LogP contribution >= 0.6 is 11.3 Å². The number of esters is 1. The van der Waals surface area contributed by atoms with Crippen LogP contribution in [0.2, 0.25) is 0 Å². The van der Waals surface area contributed by atoms with Crippen LogP contribution in [-0.2, 0) is 24.3 Å². The van der Waals surface area contributed by atoms with Gasteiger partial charge in [-0.1, -0.05) is 18.2 Å². The molecule has 0 spiro atoms. The predicted molar refractivity (Wildman–Crippen MR) is 92.1 cm³/mol. The molecule has 1 aromatic carbocycles. The van der Waals surface area contributed by atoms with E-state index in [-0.39, 0.29) is 4.21 Å². The maximum Gasteiger partial charge on any atom is 0.321 e. The predicted octanol–water partition coefficient (Wildman–Crippen LogP) is 1.22. The average molecular weight is 384 g/mol. The van der Waals surface area contributed by atoms with Gasteiger partial charge in [-0.3, -0.25) is 9.59 Å². The van der Waals surface area contributed by atoms with Crippen LogP contribution in [0.3, 0.4) is 0 Å². The molecule has 0 unspecified atom stereocenters. The van der Waals surface area contributed by atoms with Crippen molar-refractivity contribution in [1.82, 2.24) is 4.72 Å². The minimum atomic E-state index is -3.76. The maximum atomic E-state index is 11.8. The highest BCUT2D eigenvalue weighted by Crippen LogP contribution is 2.22. The van der Waals surface area contributed by atoms with E-state index in [4.69, 9.17) is 9.47 Å². The summed E-state index contributed by atoms with van der Waals surface area (Å²) in [5, 5.41) is 4.14. The highest BCUT2D eigenvalue weighted by Gasteiger charge is 2.17. The van der Waals surface area contributed by atoms with Crippen LogP contribution in [0.5, 0.6) is 5.75 Å². The first-order valence-corrected chi connectivity index (χ1v) is 9.40. The molecule has 1 amide bonds. The average Bonchev–Trinajstić information content (AvgIpc) is 3.14. The summed E-state index contributed by atoms with van der Waals surface area (Å²) < 4.78 is 35.7. The smallest absolute Gasteiger partial charge is 0.321 e. The fourth-order valence-electron chi connectivity index (χ4n) is 1.77. The Balaban J connectivity index is 1.79. The first-order valence-electron chi connectivity index (χ1n) is 7.04. The van der Waals surface area contributed by atoms with Gasteiger partial charge in [0, 0.05) is 0 Å². The van der Waals surface area contributed by atoms with Crippen LogP contribution in [0, 0.1) is 0 Å². The van der Waals surface area contributed by atoms with E-state index in [0.29, 0.717) is 11.4 Å². The number of carbonyl (C=O) groups excluding carboxylic acids is 2. The zero-order chi connectivity index (χ0) is 18.3. The molecule has 0 bridgehead atoms. The molecular formula is C15H16N2O6S2. The summed E-state index contributed by atoms with van der Waals surface area (Å²) >= 11 is 1.03. The third-order valence-electron chi connectivity index (χ3n) is 2.91. The molecule has 0 fully saturated rings. The summed E-state index contributed by atoms with van der Waals surface area (Å²) in [4.78, 5) is 23.4. The quantitative estimate of drug-likeness (QED) is 0.662. The lowest BCUT2D eigenvalue weighted by atomic mass is 10.3. The standard InChI is InChI=1S/C15H16N2O6S2/c1-22-12-6-3-2-5-11(12)17-13(18)10-23-14(19)9-16-25(20,21)15-7-4-8-24-15/h2-8,16H,9-10H2,1H3,(H,17,18). The molecule has 1 heterocycles. The number of carbonyl (C=O) groups is 2. The topological polar surface area (TPSA) is 111 Å². The lowest BCUT2D eigenvalue weighted by Crippen LogP contribution is -2.32. The fraction of sp³-hybridized carbons (Fsp3) is 0.200. The van der Waals surface area contributed by atoms with Crippen LogP contribution in [0.15, 0.2) is 46.0 Å². The Morgan fingerprint density at radius 2 is 1.92 bits per heavy atom. The van der Waals surface area contributed by atoms with Gasteiger partial charge < -0.3 is 14.8 Å². The van der Waals surface area contributed by atoms with Crippen LogP contribution in [0.4, 0.5) is 5.69 Å². The summed E-state index contributed by atoms with van der Waals surface area (Å²) in [5.74, 6) is -0.972. The molecule has 0 aliphatic carbocycles. The number of amides is 1. The van der Waals surface area contributed by atoms with E-state index >= 15 is 0 Å². The van der Waals surface area contributed by atoms with E-state index in [9.17, 15) is 18.0 Å². The van der Waals surface area contributed by atoms with Gasteiger partial charge in [-0.2, -0.15) is 4.72 Å². The number of rotatable bonds is 8. The zero-order valence-electron chi connectivity index (χ0n) is 13.2. The molecular weight excluding hydrogens is 368 g/mol. The van der Waals surface area contributed by atoms with Crippen molar-refractivity contribution >= 4 is 38.9 Å². The maximum absolute atomic E-state index is 11.8. The third-order valence-corrected chi connectivity index (χ3v) is 5.71. The summed E-state index contributed by atoms with van der Waals surface area (Å²) in [6.07, 6.45) is 0. The molecule has 2 N–H and O–H groups in total. The molecule has 0 saturated carbocycles. The molecule has 0 aliphatic rings. The lowest BCUT2D eigenvalue weighted by molar-refractivity contribution is -0.146. The molecule has 134 valence electrons. The molecule has 8 nitrogen and oxygen atoms in total.